The molecule has 1 aromatic heterocycles. The smallest absolute Gasteiger partial charge is 0.263 e. The first kappa shape index (κ1) is 16.1. The summed E-state index contributed by atoms with van der Waals surface area (Å²) >= 11 is 4.73. The van der Waals surface area contributed by atoms with Crippen LogP contribution in [0.15, 0.2) is 69.6 Å². The largest absolute Gasteiger partial charge is 0.278 e. The first-order valence-corrected chi connectivity index (χ1v) is 9.25. The minimum absolute atomic E-state index is 0.111. The molecule has 0 fully saturated rings. The van der Waals surface area contributed by atoms with Crippen molar-refractivity contribution in [1.29, 1.82) is 0 Å². The van der Waals surface area contributed by atoms with Gasteiger partial charge in [0.1, 0.15) is 4.90 Å². The SMILES string of the molecule is C=CCSc1ccccc1NS(=O)(=O)c1cncc(Br)c1. The Bertz CT molecular complexity index is 748. The normalized spacial score (nSPS) is 11.1. The highest BCUT2D eigenvalue weighted by atomic mass is 79.9. The van der Waals surface area contributed by atoms with Crippen molar-refractivity contribution in [2.45, 2.75) is 9.79 Å². The quantitative estimate of drug-likeness (QED) is 0.605. The predicted molar refractivity (Wildman–Crippen MR) is 90.1 cm³/mol. The first-order chi connectivity index (χ1) is 10.0. The summed E-state index contributed by atoms with van der Waals surface area (Å²) < 4.78 is 28.0. The van der Waals surface area contributed by atoms with Crippen LogP contribution in [0.5, 0.6) is 0 Å². The molecule has 0 saturated heterocycles. The standard InChI is InChI=1S/C14H13BrN2O2S2/c1-2-7-20-14-6-4-3-5-13(14)17-21(18,19)12-8-11(15)9-16-10-12/h2-6,8-10,17H,1,7H2. The topological polar surface area (TPSA) is 59.1 Å². The Balaban J connectivity index is 2.30. The van der Waals surface area contributed by atoms with Gasteiger partial charge in [-0.3, -0.25) is 9.71 Å². The monoisotopic (exact) mass is 384 g/mol. The van der Waals surface area contributed by atoms with Crippen LogP contribution in [0.1, 0.15) is 0 Å². The van der Waals surface area contributed by atoms with E-state index in [0.29, 0.717) is 15.9 Å². The predicted octanol–water partition coefficient (Wildman–Crippen LogP) is 3.92. The van der Waals surface area contributed by atoms with Crippen LogP contribution in [-0.2, 0) is 10.0 Å². The fraction of sp³-hybridized carbons (Fsp3) is 0.0714. The molecule has 0 bridgehead atoms. The Morgan fingerprint density at radius 3 is 2.81 bits per heavy atom. The average molecular weight is 385 g/mol. The van der Waals surface area contributed by atoms with E-state index < -0.39 is 10.0 Å². The van der Waals surface area contributed by atoms with Crippen LogP contribution in [0.3, 0.4) is 0 Å². The van der Waals surface area contributed by atoms with Crippen molar-refractivity contribution < 1.29 is 8.42 Å². The molecule has 7 heteroatoms. The van der Waals surface area contributed by atoms with Gasteiger partial charge in [0.15, 0.2) is 0 Å². The summed E-state index contributed by atoms with van der Waals surface area (Å²) in [6, 6.07) is 8.76. The van der Waals surface area contributed by atoms with E-state index in [9.17, 15) is 8.42 Å². The molecule has 4 nitrogen and oxygen atoms in total. The van der Waals surface area contributed by atoms with Gasteiger partial charge in [-0.1, -0.05) is 18.2 Å². The zero-order valence-corrected chi connectivity index (χ0v) is 14.2. The van der Waals surface area contributed by atoms with Crippen LogP contribution < -0.4 is 4.72 Å². The van der Waals surface area contributed by atoms with Gasteiger partial charge >= 0.3 is 0 Å². The van der Waals surface area contributed by atoms with E-state index >= 15 is 0 Å². The summed E-state index contributed by atoms with van der Waals surface area (Å²) in [5.74, 6) is 0.706. The van der Waals surface area contributed by atoms with Gasteiger partial charge in [-0.25, -0.2) is 8.42 Å². The summed E-state index contributed by atoms with van der Waals surface area (Å²) in [7, 11) is -3.67. The molecule has 0 atom stereocenters. The third-order valence-electron chi connectivity index (χ3n) is 2.48. The second-order valence-corrected chi connectivity index (χ2v) is 7.70. The maximum atomic E-state index is 12.4. The average Bonchev–Trinajstić information content (AvgIpc) is 2.46. The van der Waals surface area contributed by atoms with Crippen molar-refractivity contribution in [3.05, 3.63) is 59.9 Å². The van der Waals surface area contributed by atoms with Gasteiger partial charge in [-0.2, -0.15) is 0 Å². The van der Waals surface area contributed by atoms with E-state index in [-0.39, 0.29) is 4.90 Å². The minimum atomic E-state index is -3.67. The zero-order chi connectivity index (χ0) is 15.3. The van der Waals surface area contributed by atoms with Gasteiger partial charge in [0.25, 0.3) is 10.0 Å². The molecule has 110 valence electrons. The second kappa shape index (κ2) is 7.11. The number of nitrogens with one attached hydrogen (secondary N) is 1. The van der Waals surface area contributed by atoms with Crippen molar-refractivity contribution in [3.63, 3.8) is 0 Å². The molecule has 1 heterocycles. The van der Waals surface area contributed by atoms with Crippen molar-refractivity contribution >= 4 is 43.4 Å². The number of aromatic nitrogens is 1. The number of pyridine rings is 1. The number of rotatable bonds is 6. The Kier molecular flexibility index (Phi) is 5.44. The number of para-hydroxylation sites is 1. The van der Waals surface area contributed by atoms with Gasteiger partial charge in [-0.05, 0) is 34.1 Å². The Morgan fingerprint density at radius 2 is 2.10 bits per heavy atom. The van der Waals surface area contributed by atoms with Gasteiger partial charge < -0.3 is 0 Å². The Morgan fingerprint density at radius 1 is 1.33 bits per heavy atom. The molecule has 0 saturated carbocycles. The van der Waals surface area contributed by atoms with Gasteiger partial charge in [0.2, 0.25) is 0 Å². The lowest BCUT2D eigenvalue weighted by molar-refractivity contribution is 0.600. The third-order valence-corrected chi connectivity index (χ3v) is 5.31. The fourth-order valence-corrected chi connectivity index (χ4v) is 3.96. The van der Waals surface area contributed by atoms with Crippen molar-refractivity contribution in [2.24, 2.45) is 0 Å². The van der Waals surface area contributed by atoms with Crippen molar-refractivity contribution in [3.8, 4) is 0 Å². The number of nitrogens with zero attached hydrogens (tertiary/aromatic N) is 1. The highest BCUT2D eigenvalue weighted by Crippen LogP contribution is 2.29. The molecular formula is C14H13BrN2O2S2. The van der Waals surface area contributed by atoms with Crippen molar-refractivity contribution in [1.82, 2.24) is 4.98 Å². The van der Waals surface area contributed by atoms with E-state index in [0.717, 1.165) is 4.90 Å². The highest BCUT2D eigenvalue weighted by Gasteiger charge is 2.16. The van der Waals surface area contributed by atoms with E-state index in [1.807, 2.05) is 12.1 Å². The summed E-state index contributed by atoms with van der Waals surface area (Å²) in [6.07, 6.45) is 4.62. The lowest BCUT2D eigenvalue weighted by atomic mass is 10.3. The number of thioether (sulfide) groups is 1. The van der Waals surface area contributed by atoms with Gasteiger partial charge in [0, 0.05) is 27.5 Å². The molecule has 0 amide bonds. The van der Waals surface area contributed by atoms with Crippen LogP contribution in [0.25, 0.3) is 0 Å². The fourth-order valence-electron chi connectivity index (χ4n) is 1.57. The maximum Gasteiger partial charge on any atom is 0.263 e. The van der Waals surface area contributed by atoms with Crippen LogP contribution in [-0.4, -0.2) is 19.2 Å². The van der Waals surface area contributed by atoms with Crippen LogP contribution >= 0.6 is 27.7 Å². The summed E-state index contributed by atoms with van der Waals surface area (Å²) in [5.41, 5.74) is 0.546. The van der Waals surface area contributed by atoms with Crippen LogP contribution in [0, 0.1) is 0 Å². The molecule has 0 radical (unpaired) electrons. The van der Waals surface area contributed by atoms with E-state index in [4.69, 9.17) is 0 Å². The molecule has 0 aliphatic rings. The Hall–Kier alpha value is -1.31. The number of anilines is 1. The van der Waals surface area contributed by atoms with Gasteiger partial charge in [-0.15, -0.1) is 18.3 Å². The summed E-state index contributed by atoms with van der Waals surface area (Å²) in [4.78, 5) is 4.84. The van der Waals surface area contributed by atoms with Crippen molar-refractivity contribution in [2.75, 3.05) is 10.5 Å². The lowest BCUT2D eigenvalue weighted by Gasteiger charge is -2.11. The lowest BCUT2D eigenvalue weighted by Crippen LogP contribution is -2.13. The number of hydrogen-bond donors (Lipinski definition) is 1. The molecule has 21 heavy (non-hydrogen) atoms. The number of halogens is 1. The van der Waals surface area contributed by atoms with E-state index in [2.05, 4.69) is 32.2 Å². The minimum Gasteiger partial charge on any atom is -0.278 e. The van der Waals surface area contributed by atoms with E-state index in [1.54, 1.807) is 18.2 Å². The molecule has 0 unspecified atom stereocenters. The van der Waals surface area contributed by atoms with Crippen LogP contribution in [0.4, 0.5) is 5.69 Å². The molecule has 2 aromatic rings. The molecule has 0 aliphatic heterocycles. The second-order valence-electron chi connectivity index (χ2n) is 4.04. The first-order valence-electron chi connectivity index (χ1n) is 5.99. The molecule has 1 aromatic carbocycles. The van der Waals surface area contributed by atoms with Gasteiger partial charge in [0.05, 0.1) is 5.69 Å². The van der Waals surface area contributed by atoms with Crippen LogP contribution in [0.2, 0.25) is 0 Å². The third kappa shape index (κ3) is 4.33. The molecular weight excluding hydrogens is 372 g/mol. The Labute approximate surface area is 136 Å². The number of sulfonamides is 1. The molecule has 0 aliphatic carbocycles. The molecule has 1 N–H and O–H groups in total. The molecule has 2 rings (SSSR count). The molecule has 0 spiro atoms. The maximum absolute atomic E-state index is 12.4. The summed E-state index contributed by atoms with van der Waals surface area (Å²) in [6.45, 7) is 3.66. The number of benzene rings is 1. The summed E-state index contributed by atoms with van der Waals surface area (Å²) in [5, 5.41) is 0. The van der Waals surface area contributed by atoms with E-state index in [1.165, 1.54) is 30.2 Å². The highest BCUT2D eigenvalue weighted by molar-refractivity contribution is 9.10. The zero-order valence-electron chi connectivity index (χ0n) is 11.0. The number of hydrogen-bond acceptors (Lipinski definition) is 4.